The van der Waals surface area contributed by atoms with Gasteiger partial charge in [-0.1, -0.05) is 54.1 Å². The summed E-state index contributed by atoms with van der Waals surface area (Å²) in [5.74, 6) is 0.359. The molecule has 162 valence electrons. The fraction of sp³-hybridized carbons (Fsp3) is 0.208. The van der Waals surface area contributed by atoms with Gasteiger partial charge < -0.3 is 5.32 Å². The fourth-order valence-corrected chi connectivity index (χ4v) is 5.32. The lowest BCUT2D eigenvalue weighted by Crippen LogP contribution is -2.41. The summed E-state index contributed by atoms with van der Waals surface area (Å²) in [5.41, 5.74) is 2.25. The van der Waals surface area contributed by atoms with Gasteiger partial charge >= 0.3 is 0 Å². The predicted molar refractivity (Wildman–Crippen MR) is 127 cm³/mol. The first-order valence-corrected chi connectivity index (χ1v) is 12.4. The number of hydrogen-bond donors (Lipinski definition) is 1. The van der Waals surface area contributed by atoms with Gasteiger partial charge in [-0.25, -0.2) is 8.42 Å². The van der Waals surface area contributed by atoms with Gasteiger partial charge in [-0.15, -0.1) is 11.8 Å². The third kappa shape index (κ3) is 6.12. The highest BCUT2D eigenvalue weighted by molar-refractivity contribution is 7.99. The van der Waals surface area contributed by atoms with Gasteiger partial charge in [0.05, 0.1) is 10.6 Å². The Morgan fingerprint density at radius 1 is 0.903 bits per heavy atom. The van der Waals surface area contributed by atoms with Gasteiger partial charge in [0.25, 0.3) is 10.0 Å². The molecule has 0 atom stereocenters. The zero-order chi connectivity index (χ0) is 22.3. The Hall–Kier alpha value is -2.77. The number of amides is 1. The molecule has 3 aromatic rings. The first-order valence-electron chi connectivity index (χ1n) is 9.97. The number of carbonyl (C=O) groups excluding carboxylic acids is 1. The van der Waals surface area contributed by atoms with Gasteiger partial charge in [0, 0.05) is 17.2 Å². The smallest absolute Gasteiger partial charge is 0.264 e. The minimum atomic E-state index is -3.89. The van der Waals surface area contributed by atoms with Crippen LogP contribution in [0.3, 0.4) is 0 Å². The van der Waals surface area contributed by atoms with Crippen LogP contribution < -0.4 is 9.62 Å². The molecule has 0 radical (unpaired) electrons. The number of anilines is 1. The molecule has 0 aromatic heterocycles. The minimum Gasteiger partial charge on any atom is -0.354 e. The number of carbonyl (C=O) groups is 1. The second-order valence-electron chi connectivity index (χ2n) is 7.12. The first-order chi connectivity index (χ1) is 14.9. The largest absolute Gasteiger partial charge is 0.354 e. The topological polar surface area (TPSA) is 66.5 Å². The van der Waals surface area contributed by atoms with Crippen LogP contribution in [0.4, 0.5) is 5.69 Å². The standard InChI is InChI=1S/C24H26N2O3S2/c1-19-12-14-22(15-13-19)31(28,29)26(23-11-7-6-8-20(23)2)18-24(27)25-16-17-30-21-9-4-3-5-10-21/h3-15H,16-18H2,1-2H3,(H,25,27). The van der Waals surface area contributed by atoms with Crippen molar-refractivity contribution in [2.75, 3.05) is 23.1 Å². The molecule has 7 heteroatoms. The van der Waals surface area contributed by atoms with Crippen LogP contribution in [-0.4, -0.2) is 33.2 Å². The van der Waals surface area contributed by atoms with E-state index in [4.69, 9.17) is 0 Å². The van der Waals surface area contributed by atoms with Crippen LogP contribution in [0, 0.1) is 13.8 Å². The highest BCUT2D eigenvalue weighted by Crippen LogP contribution is 2.26. The van der Waals surface area contributed by atoms with E-state index in [1.165, 1.54) is 4.31 Å². The Morgan fingerprint density at radius 2 is 1.55 bits per heavy atom. The lowest BCUT2D eigenvalue weighted by Gasteiger charge is -2.25. The molecule has 0 spiro atoms. The molecule has 3 rings (SSSR count). The van der Waals surface area contributed by atoms with Crippen molar-refractivity contribution in [2.45, 2.75) is 23.6 Å². The minimum absolute atomic E-state index is 0.161. The molecule has 0 saturated carbocycles. The van der Waals surface area contributed by atoms with Gasteiger partial charge in [-0.05, 0) is 49.7 Å². The Labute approximate surface area is 188 Å². The monoisotopic (exact) mass is 454 g/mol. The van der Waals surface area contributed by atoms with Crippen LogP contribution in [0.1, 0.15) is 11.1 Å². The molecule has 31 heavy (non-hydrogen) atoms. The summed E-state index contributed by atoms with van der Waals surface area (Å²) in [4.78, 5) is 13.9. The lowest BCUT2D eigenvalue weighted by molar-refractivity contribution is -0.119. The number of rotatable bonds is 9. The van der Waals surface area contributed by atoms with Crippen molar-refractivity contribution in [3.8, 4) is 0 Å². The molecule has 0 aliphatic heterocycles. The van der Waals surface area contributed by atoms with Gasteiger partial charge in [0.2, 0.25) is 5.91 Å². The summed E-state index contributed by atoms with van der Waals surface area (Å²) >= 11 is 1.64. The van der Waals surface area contributed by atoms with Crippen LogP contribution in [-0.2, 0) is 14.8 Å². The molecule has 0 aliphatic rings. The third-order valence-electron chi connectivity index (χ3n) is 4.72. The zero-order valence-electron chi connectivity index (χ0n) is 17.6. The Kier molecular flexibility index (Phi) is 7.76. The molecule has 0 bridgehead atoms. The van der Waals surface area contributed by atoms with E-state index in [1.54, 1.807) is 48.2 Å². The number of thioether (sulfide) groups is 1. The van der Waals surface area contributed by atoms with Crippen molar-refractivity contribution in [3.63, 3.8) is 0 Å². The van der Waals surface area contributed by atoms with Crippen LogP contribution in [0.2, 0.25) is 0 Å². The van der Waals surface area contributed by atoms with Crippen LogP contribution >= 0.6 is 11.8 Å². The SMILES string of the molecule is Cc1ccc(S(=O)(=O)N(CC(=O)NCCSc2ccccc2)c2ccccc2C)cc1. The molecule has 1 amide bonds. The maximum atomic E-state index is 13.4. The summed E-state index contributed by atoms with van der Waals surface area (Å²) in [6, 6.07) is 23.8. The van der Waals surface area contributed by atoms with E-state index < -0.39 is 10.0 Å². The predicted octanol–water partition coefficient (Wildman–Crippen LogP) is 4.41. The van der Waals surface area contributed by atoms with Crippen LogP contribution in [0.25, 0.3) is 0 Å². The molecule has 0 aliphatic carbocycles. The normalized spacial score (nSPS) is 11.2. The maximum absolute atomic E-state index is 13.4. The summed E-state index contributed by atoms with van der Waals surface area (Å²) in [5, 5.41) is 2.84. The van der Waals surface area contributed by atoms with Crippen molar-refractivity contribution >= 4 is 33.4 Å². The molecule has 1 N–H and O–H groups in total. The average Bonchev–Trinajstić information content (AvgIpc) is 2.77. The number of nitrogens with zero attached hydrogens (tertiary/aromatic N) is 1. The zero-order valence-corrected chi connectivity index (χ0v) is 19.2. The second-order valence-corrected chi connectivity index (χ2v) is 10.2. The molecule has 0 heterocycles. The first kappa shape index (κ1) is 22.9. The number of aryl methyl sites for hydroxylation is 2. The van der Waals surface area contributed by atoms with Gasteiger partial charge in [0.15, 0.2) is 0 Å². The van der Waals surface area contributed by atoms with Gasteiger partial charge in [-0.3, -0.25) is 9.10 Å². The molecule has 0 saturated heterocycles. The highest BCUT2D eigenvalue weighted by Gasteiger charge is 2.28. The molecule has 0 fully saturated rings. The number of nitrogens with one attached hydrogen (secondary N) is 1. The number of para-hydroxylation sites is 1. The van der Waals surface area contributed by atoms with E-state index in [1.807, 2.05) is 56.3 Å². The van der Waals surface area contributed by atoms with E-state index in [-0.39, 0.29) is 17.3 Å². The van der Waals surface area contributed by atoms with Crippen molar-refractivity contribution in [1.82, 2.24) is 5.32 Å². The number of benzene rings is 3. The van der Waals surface area contributed by atoms with E-state index in [2.05, 4.69) is 5.32 Å². The molecular weight excluding hydrogens is 428 g/mol. The van der Waals surface area contributed by atoms with E-state index >= 15 is 0 Å². The molecule has 5 nitrogen and oxygen atoms in total. The van der Waals surface area contributed by atoms with Crippen molar-refractivity contribution in [2.24, 2.45) is 0 Å². The number of hydrogen-bond acceptors (Lipinski definition) is 4. The second kappa shape index (κ2) is 10.5. The van der Waals surface area contributed by atoms with Crippen molar-refractivity contribution < 1.29 is 13.2 Å². The van der Waals surface area contributed by atoms with Crippen molar-refractivity contribution in [3.05, 3.63) is 90.0 Å². The maximum Gasteiger partial charge on any atom is 0.264 e. The lowest BCUT2D eigenvalue weighted by atomic mass is 10.2. The van der Waals surface area contributed by atoms with Gasteiger partial charge in [0.1, 0.15) is 6.54 Å². The van der Waals surface area contributed by atoms with E-state index in [0.717, 1.165) is 16.0 Å². The summed E-state index contributed by atoms with van der Waals surface area (Å²) in [7, 11) is -3.89. The van der Waals surface area contributed by atoms with E-state index in [9.17, 15) is 13.2 Å². The van der Waals surface area contributed by atoms with Crippen LogP contribution in [0.15, 0.2) is 88.7 Å². The highest BCUT2D eigenvalue weighted by atomic mass is 32.2. The Balaban J connectivity index is 1.73. The summed E-state index contributed by atoms with van der Waals surface area (Å²) in [6.07, 6.45) is 0. The Morgan fingerprint density at radius 3 is 2.23 bits per heavy atom. The molecule has 0 unspecified atom stereocenters. The van der Waals surface area contributed by atoms with E-state index in [0.29, 0.717) is 18.0 Å². The summed E-state index contributed by atoms with van der Waals surface area (Å²) < 4.78 is 28.0. The third-order valence-corrected chi connectivity index (χ3v) is 7.50. The quantitative estimate of drug-likeness (QED) is 0.384. The fourth-order valence-electron chi connectivity index (χ4n) is 3.04. The average molecular weight is 455 g/mol. The Bertz CT molecular complexity index is 1120. The number of sulfonamides is 1. The van der Waals surface area contributed by atoms with Crippen LogP contribution in [0.5, 0.6) is 0 Å². The van der Waals surface area contributed by atoms with Gasteiger partial charge in [-0.2, -0.15) is 0 Å². The summed E-state index contributed by atoms with van der Waals surface area (Å²) in [6.45, 7) is 3.90. The van der Waals surface area contributed by atoms with Crippen molar-refractivity contribution in [1.29, 1.82) is 0 Å². The molecule has 3 aromatic carbocycles. The molecular formula is C24H26N2O3S2.